The minimum atomic E-state index is -1.17. The van der Waals surface area contributed by atoms with Gasteiger partial charge in [-0.05, 0) is 31.5 Å². The third kappa shape index (κ3) is 4.19. The summed E-state index contributed by atoms with van der Waals surface area (Å²) >= 11 is 1.38. The molecule has 2 amide bonds. The summed E-state index contributed by atoms with van der Waals surface area (Å²) in [6.07, 6.45) is -0.385. The summed E-state index contributed by atoms with van der Waals surface area (Å²) in [6.45, 7) is 3.91. The molecule has 0 saturated carbocycles. The summed E-state index contributed by atoms with van der Waals surface area (Å²) in [7, 11) is 1.28. The third-order valence-corrected chi connectivity index (χ3v) is 8.07. The smallest absolute Gasteiger partial charge is 0.353 e. The van der Waals surface area contributed by atoms with E-state index in [4.69, 9.17) is 4.74 Å². The average molecular weight is 490 g/mol. The number of fused-ring (bicyclic) bond motifs is 1. The van der Waals surface area contributed by atoms with Crippen molar-refractivity contribution in [2.45, 2.75) is 43.7 Å². The molecule has 2 fully saturated rings. The Hall–Kier alpha value is -2.89. The Morgan fingerprint density at radius 2 is 2.06 bits per heavy atom. The lowest BCUT2D eigenvalue weighted by atomic mass is 9.79. The van der Waals surface area contributed by atoms with Gasteiger partial charge in [0.1, 0.15) is 5.70 Å². The molecule has 2 saturated heterocycles. The van der Waals surface area contributed by atoms with Crippen LogP contribution in [0.4, 0.5) is 5.69 Å². The molecule has 1 aromatic carbocycles. The molecule has 0 aromatic heterocycles. The number of carboxylic acids is 1. The number of hydrogen-bond acceptors (Lipinski definition) is 8. The van der Waals surface area contributed by atoms with Crippen molar-refractivity contribution in [2.24, 2.45) is 11.8 Å². The van der Waals surface area contributed by atoms with E-state index in [1.54, 1.807) is 25.1 Å². The number of carbonyl (C=O) groups excluding carboxylic acids is 3. The molecule has 0 radical (unpaired) electrons. The number of carboxylic acid groups (broad SMARTS) is 1. The van der Waals surface area contributed by atoms with Crippen LogP contribution in [0.5, 0.6) is 0 Å². The lowest BCUT2D eigenvalue weighted by Gasteiger charge is -2.46. The monoisotopic (exact) mass is 489 g/mol. The Bertz CT molecular complexity index is 1070. The molecule has 6 atom stereocenters. The highest BCUT2D eigenvalue weighted by Gasteiger charge is 2.60. The predicted molar refractivity (Wildman–Crippen MR) is 124 cm³/mol. The first-order valence-electron chi connectivity index (χ1n) is 11.0. The van der Waals surface area contributed by atoms with Crippen molar-refractivity contribution in [2.75, 3.05) is 19.0 Å². The normalized spacial score (nSPS) is 28.9. The second kappa shape index (κ2) is 9.40. The Morgan fingerprint density at radius 3 is 2.71 bits per heavy atom. The SMILES string of the molecule is COC(=O)c1cccc(NC(=O)[C@@H]2C[C@H](SC3=C(C(=O)O)N4C(=O)[C@H]([C@@H](C)O)[C@H]4[C@H]3C)CN2)c1. The number of aliphatic carboxylic acids is 1. The number of aliphatic hydroxyl groups is 1. The first-order chi connectivity index (χ1) is 16.1. The van der Waals surface area contributed by atoms with Gasteiger partial charge in [0.05, 0.1) is 36.8 Å². The minimum absolute atomic E-state index is 0.0167. The molecule has 0 aliphatic carbocycles. The number of benzene rings is 1. The largest absolute Gasteiger partial charge is 0.477 e. The van der Waals surface area contributed by atoms with Crippen molar-refractivity contribution in [1.82, 2.24) is 10.2 Å². The average Bonchev–Trinajstić information content (AvgIpc) is 3.35. The van der Waals surface area contributed by atoms with Crippen molar-refractivity contribution in [3.05, 3.63) is 40.4 Å². The van der Waals surface area contributed by atoms with E-state index >= 15 is 0 Å². The molecule has 3 aliphatic rings. The molecule has 0 unspecified atom stereocenters. The second-order valence-corrected chi connectivity index (χ2v) is 10.1. The van der Waals surface area contributed by atoms with Crippen LogP contribution in [0.2, 0.25) is 0 Å². The van der Waals surface area contributed by atoms with Crippen LogP contribution >= 0.6 is 11.8 Å². The summed E-state index contributed by atoms with van der Waals surface area (Å²) in [4.78, 5) is 50.9. The van der Waals surface area contributed by atoms with Crippen LogP contribution in [0.25, 0.3) is 0 Å². The van der Waals surface area contributed by atoms with E-state index in [0.29, 0.717) is 29.1 Å². The minimum Gasteiger partial charge on any atom is -0.477 e. The topological polar surface area (TPSA) is 145 Å². The van der Waals surface area contributed by atoms with E-state index in [9.17, 15) is 29.4 Å². The van der Waals surface area contributed by atoms with E-state index in [2.05, 4.69) is 10.6 Å². The van der Waals surface area contributed by atoms with Gasteiger partial charge in [0.2, 0.25) is 11.8 Å². The summed E-state index contributed by atoms with van der Waals surface area (Å²) in [5.41, 5.74) is 0.779. The molecule has 1 aromatic rings. The number of carbonyl (C=O) groups is 4. The van der Waals surface area contributed by atoms with Gasteiger partial charge in [-0.2, -0.15) is 0 Å². The molecule has 3 aliphatic heterocycles. The van der Waals surface area contributed by atoms with Crippen LogP contribution in [0.15, 0.2) is 34.9 Å². The van der Waals surface area contributed by atoms with Gasteiger partial charge >= 0.3 is 11.9 Å². The van der Waals surface area contributed by atoms with Crippen LogP contribution in [-0.2, 0) is 19.1 Å². The molecule has 11 heteroatoms. The summed E-state index contributed by atoms with van der Waals surface area (Å²) < 4.78 is 4.70. The zero-order chi connectivity index (χ0) is 24.7. The standard InChI is InChI=1S/C23H27N3O7S/c1-10-17-16(11(2)27)21(29)26(17)18(22(30)31)19(10)34-14-8-15(24-9-14)20(28)25-13-6-4-5-12(7-13)23(32)33-3/h4-7,10-11,14-17,24,27H,8-9H2,1-3H3,(H,25,28)(H,30,31)/t10-,11-,14+,15+,16-,17-/m1/s1. The Labute approximate surface area is 200 Å². The fourth-order valence-corrected chi connectivity index (χ4v) is 6.40. The van der Waals surface area contributed by atoms with E-state index in [-0.39, 0.29) is 34.7 Å². The fraction of sp³-hybridized carbons (Fsp3) is 0.478. The van der Waals surface area contributed by atoms with Gasteiger partial charge in [-0.1, -0.05) is 13.0 Å². The number of esters is 1. The van der Waals surface area contributed by atoms with Crippen molar-refractivity contribution < 1.29 is 34.1 Å². The fourth-order valence-electron chi connectivity index (χ4n) is 4.92. The molecule has 34 heavy (non-hydrogen) atoms. The molecule has 0 bridgehead atoms. The third-order valence-electron chi connectivity index (χ3n) is 6.56. The van der Waals surface area contributed by atoms with Gasteiger partial charge in [-0.3, -0.25) is 9.59 Å². The summed E-state index contributed by atoms with van der Waals surface area (Å²) in [6, 6.07) is 5.60. The van der Waals surface area contributed by atoms with Crippen LogP contribution in [0.1, 0.15) is 30.6 Å². The molecule has 10 nitrogen and oxygen atoms in total. The number of β-lactam (4-membered cyclic amide) rings is 1. The predicted octanol–water partition coefficient (Wildman–Crippen LogP) is 1.03. The van der Waals surface area contributed by atoms with Crippen molar-refractivity contribution in [3.8, 4) is 0 Å². The lowest BCUT2D eigenvalue weighted by molar-refractivity contribution is -0.163. The number of nitrogens with one attached hydrogen (secondary N) is 2. The van der Waals surface area contributed by atoms with E-state index in [0.717, 1.165) is 0 Å². The van der Waals surface area contributed by atoms with E-state index < -0.39 is 30.0 Å². The lowest BCUT2D eigenvalue weighted by Crippen LogP contribution is -2.63. The molecule has 4 N–H and O–H groups in total. The number of methoxy groups -OCH3 is 1. The summed E-state index contributed by atoms with van der Waals surface area (Å²) in [5.74, 6) is -3.12. The number of amides is 2. The highest BCUT2D eigenvalue weighted by Crippen LogP contribution is 2.51. The number of rotatable bonds is 7. The molecular weight excluding hydrogens is 462 g/mol. The number of anilines is 1. The second-order valence-electron chi connectivity index (χ2n) is 8.77. The zero-order valence-electron chi connectivity index (χ0n) is 19.0. The Kier molecular flexibility index (Phi) is 6.70. The molecule has 4 rings (SSSR count). The van der Waals surface area contributed by atoms with E-state index in [1.165, 1.54) is 29.8 Å². The van der Waals surface area contributed by atoms with Crippen molar-refractivity contribution in [1.29, 1.82) is 0 Å². The number of hydrogen-bond donors (Lipinski definition) is 4. The molecule has 3 heterocycles. The summed E-state index contributed by atoms with van der Waals surface area (Å²) in [5, 5.41) is 25.7. The van der Waals surface area contributed by atoms with Crippen LogP contribution in [0.3, 0.4) is 0 Å². The van der Waals surface area contributed by atoms with E-state index in [1.807, 2.05) is 6.92 Å². The van der Waals surface area contributed by atoms with Crippen LogP contribution < -0.4 is 10.6 Å². The van der Waals surface area contributed by atoms with Crippen molar-refractivity contribution >= 4 is 41.2 Å². The van der Waals surface area contributed by atoms with Crippen LogP contribution in [0, 0.1) is 11.8 Å². The van der Waals surface area contributed by atoms with Gasteiger partial charge in [-0.25, -0.2) is 9.59 Å². The number of thioether (sulfide) groups is 1. The van der Waals surface area contributed by atoms with Gasteiger partial charge in [0.15, 0.2) is 0 Å². The zero-order valence-corrected chi connectivity index (χ0v) is 19.8. The number of nitrogens with zero attached hydrogens (tertiary/aromatic N) is 1. The molecule has 0 spiro atoms. The highest BCUT2D eigenvalue weighted by molar-refractivity contribution is 8.03. The quantitative estimate of drug-likeness (QED) is 0.326. The first kappa shape index (κ1) is 24.2. The van der Waals surface area contributed by atoms with Crippen molar-refractivity contribution in [3.63, 3.8) is 0 Å². The molecule has 182 valence electrons. The van der Waals surface area contributed by atoms with Crippen LogP contribution in [-0.4, -0.2) is 76.0 Å². The van der Waals surface area contributed by atoms with Gasteiger partial charge in [0, 0.05) is 28.3 Å². The van der Waals surface area contributed by atoms with Gasteiger partial charge in [-0.15, -0.1) is 11.8 Å². The Balaban J connectivity index is 1.42. The maximum atomic E-state index is 12.8. The van der Waals surface area contributed by atoms with Gasteiger partial charge < -0.3 is 30.5 Å². The molecular formula is C23H27N3O7S. The number of ether oxygens (including phenoxy) is 1. The Morgan fingerprint density at radius 1 is 1.32 bits per heavy atom. The first-order valence-corrected chi connectivity index (χ1v) is 11.9. The highest BCUT2D eigenvalue weighted by atomic mass is 32.2. The maximum Gasteiger partial charge on any atom is 0.353 e. The van der Waals surface area contributed by atoms with Gasteiger partial charge in [0.25, 0.3) is 0 Å². The number of aliphatic hydroxyl groups excluding tert-OH is 1. The maximum absolute atomic E-state index is 12.8.